The zero-order valence-electron chi connectivity index (χ0n) is 17.8. The van der Waals surface area contributed by atoms with Crippen LogP contribution in [-0.2, 0) is 0 Å². The zero-order valence-corrected chi connectivity index (χ0v) is 18.6. The number of fused-ring (bicyclic) bond motifs is 1. The molecule has 6 nitrogen and oxygen atoms in total. The van der Waals surface area contributed by atoms with Gasteiger partial charge in [0.05, 0.1) is 30.1 Å². The first-order valence-electron chi connectivity index (χ1n) is 9.73. The highest BCUT2D eigenvalue weighted by Crippen LogP contribution is 2.36. The van der Waals surface area contributed by atoms with Crippen molar-refractivity contribution >= 4 is 45.6 Å². The maximum Gasteiger partial charge on any atom is 0.232 e. The summed E-state index contributed by atoms with van der Waals surface area (Å²) in [5.74, 6) is 2.87. The molecule has 0 radical (unpaired) electrons. The number of rotatable bonds is 6. The fraction of sp³-hybridized carbons (Fsp3) is 0.167. The summed E-state index contributed by atoms with van der Waals surface area (Å²) in [6.45, 7) is 0. The molecule has 0 N–H and O–H groups in total. The number of anilines is 4. The first-order valence-corrected chi connectivity index (χ1v) is 10.1. The Hall–Kier alpha value is -3.51. The molecule has 31 heavy (non-hydrogen) atoms. The second-order valence-electron chi connectivity index (χ2n) is 7.00. The van der Waals surface area contributed by atoms with E-state index in [9.17, 15) is 0 Å². The molecule has 0 aliphatic rings. The molecule has 3 aromatic carbocycles. The van der Waals surface area contributed by atoms with E-state index in [4.69, 9.17) is 31.0 Å². The number of halogens is 1. The summed E-state index contributed by atoms with van der Waals surface area (Å²) in [6.07, 6.45) is 0. The van der Waals surface area contributed by atoms with Crippen LogP contribution in [0.2, 0.25) is 5.02 Å². The Labute approximate surface area is 186 Å². The Kier molecular flexibility index (Phi) is 5.82. The van der Waals surface area contributed by atoms with Gasteiger partial charge in [-0.15, -0.1) is 0 Å². The van der Waals surface area contributed by atoms with Gasteiger partial charge in [0.15, 0.2) is 0 Å². The smallest absolute Gasteiger partial charge is 0.232 e. The van der Waals surface area contributed by atoms with Gasteiger partial charge in [0, 0.05) is 25.5 Å². The third kappa shape index (κ3) is 4.07. The van der Waals surface area contributed by atoms with Crippen molar-refractivity contribution in [3.8, 4) is 11.5 Å². The SMILES string of the molecule is COc1ccc(N(C)c2nc(N(C)c3ccc(OC)cc3)c3c(Cl)cccc3n2)cc1. The third-order valence-electron chi connectivity index (χ3n) is 5.18. The third-order valence-corrected chi connectivity index (χ3v) is 5.49. The quantitative estimate of drug-likeness (QED) is 0.380. The van der Waals surface area contributed by atoms with E-state index < -0.39 is 0 Å². The lowest BCUT2D eigenvalue weighted by molar-refractivity contribution is 0.414. The van der Waals surface area contributed by atoms with Gasteiger partial charge in [-0.25, -0.2) is 4.98 Å². The molecule has 0 unspecified atom stereocenters. The first kappa shape index (κ1) is 20.8. The molecule has 1 aromatic heterocycles. The van der Waals surface area contributed by atoms with Gasteiger partial charge < -0.3 is 19.3 Å². The van der Waals surface area contributed by atoms with Crippen molar-refractivity contribution in [3.63, 3.8) is 0 Å². The minimum Gasteiger partial charge on any atom is -0.497 e. The van der Waals surface area contributed by atoms with E-state index >= 15 is 0 Å². The summed E-state index contributed by atoms with van der Waals surface area (Å²) in [5, 5.41) is 1.40. The number of hydrogen-bond acceptors (Lipinski definition) is 6. The van der Waals surface area contributed by atoms with Crippen LogP contribution in [0.1, 0.15) is 0 Å². The van der Waals surface area contributed by atoms with Crippen LogP contribution in [0.5, 0.6) is 11.5 Å². The van der Waals surface area contributed by atoms with Crippen LogP contribution in [0.15, 0.2) is 66.7 Å². The van der Waals surface area contributed by atoms with Crippen LogP contribution < -0.4 is 19.3 Å². The maximum atomic E-state index is 6.57. The lowest BCUT2D eigenvalue weighted by Crippen LogP contribution is -2.17. The van der Waals surface area contributed by atoms with Gasteiger partial charge in [-0.3, -0.25) is 0 Å². The van der Waals surface area contributed by atoms with Crippen molar-refractivity contribution in [2.75, 3.05) is 38.1 Å². The predicted octanol–water partition coefficient (Wildman–Crippen LogP) is 5.84. The Morgan fingerprint density at radius 3 is 1.81 bits per heavy atom. The standard InChI is InChI=1S/C24H23ClN4O2/c1-28(16-8-12-18(30-3)13-9-16)23-22-20(25)6-5-7-21(22)26-24(27-23)29(2)17-10-14-19(31-4)15-11-17/h5-15H,1-4H3. The van der Waals surface area contributed by atoms with Crippen LogP contribution in [0.4, 0.5) is 23.1 Å². The molecule has 0 atom stereocenters. The Bertz CT molecular complexity index is 1200. The topological polar surface area (TPSA) is 50.7 Å². The van der Waals surface area contributed by atoms with Crippen molar-refractivity contribution in [3.05, 3.63) is 71.8 Å². The summed E-state index contributed by atoms with van der Waals surface area (Å²) in [7, 11) is 7.20. The Morgan fingerprint density at radius 1 is 0.710 bits per heavy atom. The number of ether oxygens (including phenoxy) is 2. The lowest BCUT2D eigenvalue weighted by atomic mass is 10.2. The van der Waals surface area contributed by atoms with E-state index in [1.165, 1.54) is 0 Å². The number of benzene rings is 3. The van der Waals surface area contributed by atoms with Gasteiger partial charge in [-0.2, -0.15) is 4.98 Å². The van der Waals surface area contributed by atoms with Crippen LogP contribution in [0, 0.1) is 0 Å². The van der Waals surface area contributed by atoms with Gasteiger partial charge >= 0.3 is 0 Å². The average molecular weight is 435 g/mol. The van der Waals surface area contributed by atoms with Crippen LogP contribution in [0.3, 0.4) is 0 Å². The van der Waals surface area contributed by atoms with Crippen LogP contribution in [-0.4, -0.2) is 38.3 Å². The molecule has 0 fully saturated rings. The predicted molar refractivity (Wildman–Crippen MR) is 127 cm³/mol. The summed E-state index contributed by atoms with van der Waals surface area (Å²) in [6, 6.07) is 21.3. The monoisotopic (exact) mass is 434 g/mol. The Balaban J connectivity index is 1.82. The number of methoxy groups -OCH3 is 2. The second-order valence-corrected chi connectivity index (χ2v) is 7.40. The number of nitrogens with zero attached hydrogens (tertiary/aromatic N) is 4. The molecule has 158 valence electrons. The highest BCUT2D eigenvalue weighted by atomic mass is 35.5. The van der Waals surface area contributed by atoms with Crippen molar-refractivity contribution in [2.45, 2.75) is 0 Å². The molecule has 0 saturated carbocycles. The summed E-state index contributed by atoms with van der Waals surface area (Å²) in [4.78, 5) is 13.6. The van der Waals surface area contributed by atoms with Gasteiger partial charge in [0.25, 0.3) is 0 Å². The van der Waals surface area contributed by atoms with Crippen LogP contribution in [0.25, 0.3) is 10.9 Å². The maximum absolute atomic E-state index is 6.57. The molecular weight excluding hydrogens is 412 g/mol. The van der Waals surface area contributed by atoms with Crippen molar-refractivity contribution < 1.29 is 9.47 Å². The molecule has 0 spiro atoms. The summed E-state index contributed by atoms with van der Waals surface area (Å²) < 4.78 is 10.5. The summed E-state index contributed by atoms with van der Waals surface area (Å²) in [5.41, 5.74) is 2.67. The van der Waals surface area contributed by atoms with Gasteiger partial charge in [-0.05, 0) is 60.7 Å². The first-order chi connectivity index (χ1) is 15.0. The second kappa shape index (κ2) is 8.70. The molecule has 0 aliphatic carbocycles. The summed E-state index contributed by atoms with van der Waals surface area (Å²) >= 11 is 6.57. The van der Waals surface area contributed by atoms with Crippen molar-refractivity contribution in [1.29, 1.82) is 0 Å². The molecule has 0 amide bonds. The molecule has 1 heterocycles. The molecular formula is C24H23ClN4O2. The number of hydrogen-bond donors (Lipinski definition) is 0. The molecule has 7 heteroatoms. The van der Waals surface area contributed by atoms with Gasteiger partial charge in [0.1, 0.15) is 17.3 Å². The van der Waals surface area contributed by atoms with Crippen LogP contribution >= 0.6 is 11.6 Å². The van der Waals surface area contributed by atoms with E-state index in [0.717, 1.165) is 39.6 Å². The lowest BCUT2D eigenvalue weighted by Gasteiger charge is -2.24. The van der Waals surface area contributed by atoms with Crippen molar-refractivity contribution in [1.82, 2.24) is 9.97 Å². The Morgan fingerprint density at radius 2 is 1.26 bits per heavy atom. The normalized spacial score (nSPS) is 10.7. The highest BCUT2D eigenvalue weighted by Gasteiger charge is 2.18. The average Bonchev–Trinajstić information content (AvgIpc) is 2.82. The van der Waals surface area contributed by atoms with E-state index in [2.05, 4.69) is 0 Å². The van der Waals surface area contributed by atoms with Crippen molar-refractivity contribution in [2.24, 2.45) is 0 Å². The molecule has 0 aliphatic heterocycles. The van der Waals surface area contributed by atoms with E-state index in [-0.39, 0.29) is 0 Å². The largest absolute Gasteiger partial charge is 0.497 e. The fourth-order valence-electron chi connectivity index (χ4n) is 3.35. The minimum absolute atomic E-state index is 0.565. The fourth-order valence-corrected chi connectivity index (χ4v) is 3.61. The van der Waals surface area contributed by atoms with E-state index in [1.807, 2.05) is 90.6 Å². The zero-order chi connectivity index (χ0) is 22.0. The molecule has 0 bridgehead atoms. The molecule has 0 saturated heterocycles. The molecule has 4 rings (SSSR count). The number of aromatic nitrogens is 2. The van der Waals surface area contributed by atoms with E-state index in [0.29, 0.717) is 11.0 Å². The molecule has 4 aromatic rings. The minimum atomic E-state index is 0.565. The van der Waals surface area contributed by atoms with E-state index in [1.54, 1.807) is 14.2 Å². The van der Waals surface area contributed by atoms with Gasteiger partial charge in [-0.1, -0.05) is 17.7 Å². The van der Waals surface area contributed by atoms with Gasteiger partial charge in [0.2, 0.25) is 5.95 Å². The highest BCUT2D eigenvalue weighted by molar-refractivity contribution is 6.36.